The highest BCUT2D eigenvalue weighted by Gasteiger charge is 2.24. The Bertz CT molecular complexity index is 1340. The lowest BCUT2D eigenvalue weighted by Crippen LogP contribution is -2.48. The molecular formula is C35H45F2N3O3. The van der Waals surface area contributed by atoms with E-state index in [4.69, 9.17) is 0 Å². The Morgan fingerprint density at radius 3 is 2.14 bits per heavy atom. The number of amides is 2. The average Bonchev–Trinajstić information content (AvgIpc) is 2.96. The molecule has 6 nitrogen and oxygen atoms in total. The molecule has 3 N–H and O–H groups in total. The van der Waals surface area contributed by atoms with Crippen molar-refractivity contribution in [3.8, 4) is 0 Å². The fourth-order valence-electron chi connectivity index (χ4n) is 5.28. The largest absolute Gasteiger partial charge is 0.390 e. The molecule has 3 aromatic rings. The van der Waals surface area contributed by atoms with Gasteiger partial charge in [-0.3, -0.25) is 9.59 Å². The molecule has 0 aliphatic carbocycles. The smallest absolute Gasteiger partial charge is 0.253 e. The molecule has 0 heterocycles. The lowest BCUT2D eigenvalue weighted by Gasteiger charge is -2.25. The fraction of sp³-hybridized carbons (Fsp3) is 0.429. The zero-order valence-corrected chi connectivity index (χ0v) is 25.8. The quantitative estimate of drug-likeness (QED) is 0.191. The van der Waals surface area contributed by atoms with Crippen molar-refractivity contribution in [3.05, 3.63) is 106 Å². The van der Waals surface area contributed by atoms with Gasteiger partial charge in [0.2, 0.25) is 0 Å². The van der Waals surface area contributed by atoms with Crippen LogP contribution in [0.15, 0.2) is 60.7 Å². The summed E-state index contributed by atoms with van der Waals surface area (Å²) in [6, 6.07) is 15.5. The third kappa shape index (κ3) is 10.6. The van der Waals surface area contributed by atoms with Crippen molar-refractivity contribution < 1.29 is 23.5 Å². The maximum absolute atomic E-state index is 14.0. The average molecular weight is 594 g/mol. The maximum atomic E-state index is 14.0. The standard InChI is InChI=1S/C35H45F2N3O3/c1-5-9-25-10-8-11-26(16-25)22-38-23-33(41)32(19-27-17-30(36)21-31(37)18-27)39-34(42)28-14-24(4)15-29(20-28)35(43)40(12-6-2)13-7-3/h8,10-11,14-18,20-21,32-33,38,41H,5-7,9,12-13,19,22-23H2,1-4H3,(H,39,42). The van der Waals surface area contributed by atoms with Gasteiger partial charge < -0.3 is 20.6 Å². The van der Waals surface area contributed by atoms with Crippen molar-refractivity contribution in [2.75, 3.05) is 19.6 Å². The summed E-state index contributed by atoms with van der Waals surface area (Å²) in [5.74, 6) is -2.08. The van der Waals surface area contributed by atoms with Gasteiger partial charge in [-0.2, -0.15) is 0 Å². The number of carbonyl (C=O) groups is 2. The molecule has 0 aromatic heterocycles. The minimum Gasteiger partial charge on any atom is -0.390 e. The second kappa shape index (κ2) is 16.9. The number of aliphatic hydroxyl groups is 1. The third-order valence-electron chi connectivity index (χ3n) is 7.23. The van der Waals surface area contributed by atoms with Crippen molar-refractivity contribution in [3.63, 3.8) is 0 Å². The van der Waals surface area contributed by atoms with E-state index in [2.05, 4.69) is 29.7 Å². The molecule has 0 bridgehead atoms. The Balaban J connectivity index is 1.79. The molecule has 0 saturated carbocycles. The maximum Gasteiger partial charge on any atom is 0.253 e. The van der Waals surface area contributed by atoms with Crippen LogP contribution in [0.3, 0.4) is 0 Å². The van der Waals surface area contributed by atoms with Crippen molar-refractivity contribution in [1.29, 1.82) is 0 Å². The number of nitrogens with zero attached hydrogens (tertiary/aromatic N) is 1. The molecule has 0 saturated heterocycles. The van der Waals surface area contributed by atoms with Crippen LogP contribution in [0.1, 0.15) is 83.0 Å². The third-order valence-corrected chi connectivity index (χ3v) is 7.23. The molecule has 0 spiro atoms. The van der Waals surface area contributed by atoms with Crippen LogP contribution in [-0.4, -0.2) is 53.6 Å². The summed E-state index contributed by atoms with van der Waals surface area (Å²) in [6.07, 6.45) is 2.62. The lowest BCUT2D eigenvalue weighted by atomic mass is 9.99. The summed E-state index contributed by atoms with van der Waals surface area (Å²) < 4.78 is 28.0. The first kappa shape index (κ1) is 33.9. The first-order valence-corrected chi connectivity index (χ1v) is 15.3. The van der Waals surface area contributed by atoms with E-state index in [1.165, 1.54) is 17.7 Å². The van der Waals surface area contributed by atoms with Crippen LogP contribution < -0.4 is 10.6 Å². The van der Waals surface area contributed by atoms with Crippen LogP contribution in [0.25, 0.3) is 0 Å². The van der Waals surface area contributed by atoms with Crippen LogP contribution in [-0.2, 0) is 19.4 Å². The van der Waals surface area contributed by atoms with Gasteiger partial charge in [-0.05, 0) is 85.2 Å². The summed E-state index contributed by atoms with van der Waals surface area (Å²) in [5.41, 5.74) is 4.07. The molecule has 0 aliphatic heterocycles. The minimum absolute atomic E-state index is 0.00757. The van der Waals surface area contributed by atoms with Crippen LogP contribution in [0.4, 0.5) is 8.78 Å². The number of rotatable bonds is 16. The Morgan fingerprint density at radius 2 is 1.49 bits per heavy atom. The number of nitrogens with one attached hydrogen (secondary N) is 2. The number of benzene rings is 3. The molecule has 2 amide bonds. The molecule has 0 fully saturated rings. The van der Waals surface area contributed by atoms with Crippen LogP contribution in [0.2, 0.25) is 0 Å². The first-order valence-electron chi connectivity index (χ1n) is 15.3. The normalized spacial score (nSPS) is 12.5. The van der Waals surface area contributed by atoms with E-state index < -0.39 is 29.7 Å². The highest BCUT2D eigenvalue weighted by Crippen LogP contribution is 2.16. The minimum atomic E-state index is -1.07. The molecule has 43 heavy (non-hydrogen) atoms. The Morgan fingerprint density at radius 1 is 0.837 bits per heavy atom. The van der Waals surface area contributed by atoms with Crippen LogP contribution in [0, 0.1) is 18.6 Å². The highest BCUT2D eigenvalue weighted by molar-refractivity contribution is 6.00. The summed E-state index contributed by atoms with van der Waals surface area (Å²) in [5, 5.41) is 17.3. The number of hydrogen-bond donors (Lipinski definition) is 3. The van der Waals surface area contributed by atoms with E-state index >= 15 is 0 Å². The van der Waals surface area contributed by atoms with Crippen molar-refractivity contribution in [2.24, 2.45) is 0 Å². The number of hydrogen-bond acceptors (Lipinski definition) is 4. The Hall–Kier alpha value is -3.62. The predicted molar refractivity (Wildman–Crippen MR) is 167 cm³/mol. The molecule has 232 valence electrons. The van der Waals surface area contributed by atoms with E-state index in [-0.39, 0.29) is 24.4 Å². The monoisotopic (exact) mass is 593 g/mol. The number of carbonyl (C=O) groups excluding carboxylic acids is 2. The molecule has 8 heteroatoms. The van der Waals surface area contributed by atoms with Gasteiger partial charge in [0.05, 0.1) is 12.1 Å². The SMILES string of the molecule is CCCc1cccc(CNCC(O)C(Cc2cc(F)cc(F)c2)NC(=O)c2cc(C)cc(C(=O)N(CCC)CCC)c2)c1. The molecule has 2 unspecified atom stereocenters. The van der Waals surface area contributed by atoms with Gasteiger partial charge in [-0.15, -0.1) is 0 Å². The van der Waals surface area contributed by atoms with E-state index in [0.717, 1.165) is 42.9 Å². The second-order valence-corrected chi connectivity index (χ2v) is 11.2. The van der Waals surface area contributed by atoms with E-state index in [0.29, 0.717) is 30.8 Å². The zero-order valence-electron chi connectivity index (χ0n) is 25.8. The molecule has 0 aliphatic rings. The first-order chi connectivity index (χ1) is 20.6. The van der Waals surface area contributed by atoms with Crippen LogP contribution in [0.5, 0.6) is 0 Å². The predicted octanol–water partition coefficient (Wildman–Crippen LogP) is 5.98. The van der Waals surface area contributed by atoms with Gasteiger partial charge >= 0.3 is 0 Å². The van der Waals surface area contributed by atoms with Crippen LogP contribution >= 0.6 is 0 Å². The van der Waals surface area contributed by atoms with Crippen molar-refractivity contribution >= 4 is 11.8 Å². The van der Waals surface area contributed by atoms with Gasteiger partial charge in [0.25, 0.3) is 11.8 Å². The fourth-order valence-corrected chi connectivity index (χ4v) is 5.28. The Kier molecular flexibility index (Phi) is 13.3. The molecular weight excluding hydrogens is 548 g/mol. The van der Waals surface area contributed by atoms with Gasteiger partial charge in [0.15, 0.2) is 0 Å². The number of halogens is 2. The van der Waals surface area contributed by atoms with E-state index in [1.807, 2.05) is 32.9 Å². The van der Waals surface area contributed by atoms with Crippen molar-refractivity contribution in [1.82, 2.24) is 15.5 Å². The van der Waals surface area contributed by atoms with E-state index in [9.17, 15) is 23.5 Å². The van der Waals surface area contributed by atoms with Gasteiger partial charge in [0.1, 0.15) is 11.6 Å². The molecule has 0 radical (unpaired) electrons. The molecule has 3 aromatic carbocycles. The summed E-state index contributed by atoms with van der Waals surface area (Å²) >= 11 is 0. The lowest BCUT2D eigenvalue weighted by molar-refractivity contribution is 0.0755. The zero-order chi connectivity index (χ0) is 31.4. The van der Waals surface area contributed by atoms with Gasteiger partial charge in [-0.25, -0.2) is 8.78 Å². The summed E-state index contributed by atoms with van der Waals surface area (Å²) in [7, 11) is 0. The topological polar surface area (TPSA) is 81.7 Å². The number of aryl methyl sites for hydroxylation is 2. The Labute approximate surface area is 254 Å². The van der Waals surface area contributed by atoms with Gasteiger partial charge in [-0.1, -0.05) is 51.5 Å². The van der Waals surface area contributed by atoms with E-state index in [1.54, 1.807) is 23.1 Å². The summed E-state index contributed by atoms with van der Waals surface area (Å²) in [4.78, 5) is 28.5. The van der Waals surface area contributed by atoms with Crippen molar-refractivity contribution in [2.45, 2.75) is 78.5 Å². The number of aliphatic hydroxyl groups excluding tert-OH is 1. The van der Waals surface area contributed by atoms with Gasteiger partial charge in [0, 0.05) is 43.4 Å². The molecule has 2 atom stereocenters. The highest BCUT2D eigenvalue weighted by atomic mass is 19.1. The second-order valence-electron chi connectivity index (χ2n) is 11.2. The summed E-state index contributed by atoms with van der Waals surface area (Å²) in [6.45, 7) is 9.87. The molecule has 3 rings (SSSR count).